The first-order valence-electron chi connectivity index (χ1n) is 8.09. The molecule has 0 bridgehead atoms. The molecule has 0 saturated carbocycles. The molecule has 0 heterocycles. The van der Waals surface area contributed by atoms with Crippen molar-refractivity contribution in [1.29, 1.82) is 0 Å². The zero-order valence-electron chi connectivity index (χ0n) is 14.7. The Kier molecular flexibility index (Phi) is 6.73. The van der Waals surface area contributed by atoms with Crippen molar-refractivity contribution in [2.75, 3.05) is 19.0 Å². The molecule has 140 valence electrons. The van der Waals surface area contributed by atoms with E-state index in [4.69, 9.17) is 9.88 Å². The number of amides is 1. The van der Waals surface area contributed by atoms with E-state index in [1.807, 2.05) is 24.3 Å². The Bertz CT molecular complexity index is 834. The lowest BCUT2D eigenvalue weighted by atomic mass is 10.1. The maximum atomic E-state index is 12.2. The smallest absolute Gasteiger partial charge is 0.241 e. The highest BCUT2D eigenvalue weighted by Crippen LogP contribution is 2.13. The van der Waals surface area contributed by atoms with Crippen LogP contribution in [0.1, 0.15) is 12.5 Å². The van der Waals surface area contributed by atoms with E-state index in [0.717, 1.165) is 17.7 Å². The molecule has 1 amide bonds. The molecule has 0 aliphatic rings. The Balaban J connectivity index is 1.81. The van der Waals surface area contributed by atoms with Crippen LogP contribution in [0.5, 0.6) is 5.75 Å². The van der Waals surface area contributed by atoms with Crippen molar-refractivity contribution >= 4 is 21.6 Å². The summed E-state index contributed by atoms with van der Waals surface area (Å²) < 4.78 is 27.6. The number of primary sulfonamides is 1. The minimum atomic E-state index is -3.74. The topological polar surface area (TPSA) is 111 Å². The molecule has 2 aromatic rings. The minimum Gasteiger partial charge on any atom is -0.497 e. The van der Waals surface area contributed by atoms with Gasteiger partial charge in [0.15, 0.2) is 0 Å². The molecule has 0 aliphatic carbocycles. The molecular weight excluding hydrogens is 354 g/mol. The lowest BCUT2D eigenvalue weighted by molar-refractivity contribution is -0.117. The van der Waals surface area contributed by atoms with Crippen molar-refractivity contribution in [2.45, 2.75) is 24.3 Å². The van der Waals surface area contributed by atoms with Gasteiger partial charge in [-0.25, -0.2) is 13.6 Å². The number of hydrogen-bond donors (Lipinski definition) is 3. The standard InChI is InChI=1S/C18H23N3O4S/c1-13(20-12-11-14-3-7-16(25-2)8-4-14)18(22)21-15-5-9-17(10-6-15)26(19,23)24/h3-10,13,20H,11-12H2,1-2H3,(H,21,22)(H2,19,23,24)/t13-/m0/s1. The molecule has 0 saturated heterocycles. The lowest BCUT2D eigenvalue weighted by Gasteiger charge is -2.14. The van der Waals surface area contributed by atoms with Crippen molar-refractivity contribution in [1.82, 2.24) is 5.32 Å². The molecule has 2 aromatic carbocycles. The van der Waals surface area contributed by atoms with Gasteiger partial charge in [-0.2, -0.15) is 0 Å². The van der Waals surface area contributed by atoms with Gasteiger partial charge in [0.1, 0.15) is 5.75 Å². The van der Waals surface area contributed by atoms with Crippen molar-refractivity contribution < 1.29 is 17.9 Å². The quantitative estimate of drug-likeness (QED) is 0.646. The number of rotatable bonds is 8. The van der Waals surface area contributed by atoms with Crippen molar-refractivity contribution in [2.24, 2.45) is 5.14 Å². The summed E-state index contributed by atoms with van der Waals surface area (Å²) in [5.41, 5.74) is 1.65. The normalized spacial score (nSPS) is 12.4. The van der Waals surface area contributed by atoms with Crippen LogP contribution in [0.3, 0.4) is 0 Å². The number of ether oxygens (including phenoxy) is 1. The average Bonchev–Trinajstić information content (AvgIpc) is 2.62. The molecule has 0 spiro atoms. The number of methoxy groups -OCH3 is 1. The number of carbonyl (C=O) groups is 1. The molecule has 26 heavy (non-hydrogen) atoms. The molecule has 0 radical (unpaired) electrons. The largest absolute Gasteiger partial charge is 0.497 e. The monoisotopic (exact) mass is 377 g/mol. The summed E-state index contributed by atoms with van der Waals surface area (Å²) in [6.07, 6.45) is 0.782. The van der Waals surface area contributed by atoms with Gasteiger partial charge in [0.05, 0.1) is 18.0 Å². The fourth-order valence-corrected chi connectivity index (χ4v) is 2.81. The van der Waals surface area contributed by atoms with Gasteiger partial charge in [0, 0.05) is 5.69 Å². The Hall–Kier alpha value is -2.42. The molecule has 0 unspecified atom stereocenters. The maximum absolute atomic E-state index is 12.2. The van der Waals surface area contributed by atoms with Crippen LogP contribution in [0.25, 0.3) is 0 Å². The molecule has 0 aromatic heterocycles. The second-order valence-electron chi connectivity index (χ2n) is 5.83. The van der Waals surface area contributed by atoms with Crippen LogP contribution < -0.4 is 20.5 Å². The molecule has 0 aliphatic heterocycles. The summed E-state index contributed by atoms with van der Waals surface area (Å²) in [6, 6.07) is 13.1. The molecule has 7 nitrogen and oxygen atoms in total. The third-order valence-electron chi connectivity index (χ3n) is 3.87. The van der Waals surface area contributed by atoms with Crippen LogP contribution >= 0.6 is 0 Å². The number of carbonyl (C=O) groups excluding carboxylic acids is 1. The highest BCUT2D eigenvalue weighted by atomic mass is 32.2. The average molecular weight is 377 g/mol. The zero-order valence-corrected chi connectivity index (χ0v) is 15.5. The van der Waals surface area contributed by atoms with E-state index in [0.29, 0.717) is 12.2 Å². The highest BCUT2D eigenvalue weighted by Gasteiger charge is 2.13. The Morgan fingerprint density at radius 1 is 1.12 bits per heavy atom. The van der Waals surface area contributed by atoms with E-state index < -0.39 is 16.1 Å². The van der Waals surface area contributed by atoms with Crippen LogP contribution in [0.15, 0.2) is 53.4 Å². The predicted octanol–water partition coefficient (Wildman–Crippen LogP) is 1.50. The first-order chi connectivity index (χ1) is 12.3. The summed E-state index contributed by atoms with van der Waals surface area (Å²) in [5.74, 6) is 0.603. The van der Waals surface area contributed by atoms with E-state index in [9.17, 15) is 13.2 Å². The third-order valence-corrected chi connectivity index (χ3v) is 4.80. The molecule has 4 N–H and O–H groups in total. The zero-order chi connectivity index (χ0) is 19.2. The van der Waals surface area contributed by atoms with Gasteiger partial charge >= 0.3 is 0 Å². The second-order valence-corrected chi connectivity index (χ2v) is 7.39. The second kappa shape index (κ2) is 8.79. The minimum absolute atomic E-state index is 0.00108. The molecular formula is C18H23N3O4S. The first kappa shape index (κ1) is 19.9. The van der Waals surface area contributed by atoms with E-state index in [-0.39, 0.29) is 10.8 Å². The fourth-order valence-electron chi connectivity index (χ4n) is 2.30. The first-order valence-corrected chi connectivity index (χ1v) is 9.64. The van der Waals surface area contributed by atoms with E-state index in [2.05, 4.69) is 10.6 Å². The summed E-state index contributed by atoms with van der Waals surface area (Å²) in [7, 11) is -2.12. The summed E-state index contributed by atoms with van der Waals surface area (Å²) in [5, 5.41) is 10.9. The number of nitrogens with two attached hydrogens (primary N) is 1. The molecule has 0 fully saturated rings. The van der Waals surface area contributed by atoms with Crippen LogP contribution in [0.2, 0.25) is 0 Å². The van der Waals surface area contributed by atoms with Gasteiger partial charge in [-0.1, -0.05) is 12.1 Å². The number of nitrogens with one attached hydrogen (secondary N) is 2. The number of anilines is 1. The number of benzene rings is 2. The van der Waals surface area contributed by atoms with Crippen LogP contribution in [0.4, 0.5) is 5.69 Å². The highest BCUT2D eigenvalue weighted by molar-refractivity contribution is 7.89. The lowest BCUT2D eigenvalue weighted by Crippen LogP contribution is -2.39. The SMILES string of the molecule is COc1ccc(CCN[C@@H](C)C(=O)Nc2ccc(S(N)(=O)=O)cc2)cc1. The van der Waals surface area contributed by atoms with Crippen LogP contribution in [-0.2, 0) is 21.2 Å². The molecule has 8 heteroatoms. The van der Waals surface area contributed by atoms with Gasteiger partial charge in [-0.05, 0) is 61.9 Å². The summed E-state index contributed by atoms with van der Waals surface area (Å²) in [6.45, 7) is 2.41. The van der Waals surface area contributed by atoms with Gasteiger partial charge in [-0.3, -0.25) is 4.79 Å². The van der Waals surface area contributed by atoms with Crippen molar-refractivity contribution in [3.63, 3.8) is 0 Å². The fraction of sp³-hybridized carbons (Fsp3) is 0.278. The third kappa shape index (κ3) is 5.83. The number of hydrogen-bond acceptors (Lipinski definition) is 5. The van der Waals surface area contributed by atoms with E-state index in [1.54, 1.807) is 14.0 Å². The van der Waals surface area contributed by atoms with Crippen LogP contribution in [-0.4, -0.2) is 34.0 Å². The Morgan fingerprint density at radius 3 is 2.27 bits per heavy atom. The van der Waals surface area contributed by atoms with E-state index in [1.165, 1.54) is 24.3 Å². The van der Waals surface area contributed by atoms with Gasteiger partial charge in [-0.15, -0.1) is 0 Å². The Labute approximate surface area is 153 Å². The van der Waals surface area contributed by atoms with Gasteiger partial charge in [0.2, 0.25) is 15.9 Å². The Morgan fingerprint density at radius 2 is 1.73 bits per heavy atom. The molecule has 2 rings (SSSR count). The van der Waals surface area contributed by atoms with Gasteiger partial charge < -0.3 is 15.4 Å². The van der Waals surface area contributed by atoms with Gasteiger partial charge in [0.25, 0.3) is 0 Å². The van der Waals surface area contributed by atoms with E-state index >= 15 is 0 Å². The van der Waals surface area contributed by atoms with Crippen LogP contribution in [0, 0.1) is 0 Å². The summed E-state index contributed by atoms with van der Waals surface area (Å²) >= 11 is 0. The summed E-state index contributed by atoms with van der Waals surface area (Å²) in [4.78, 5) is 12.2. The van der Waals surface area contributed by atoms with Crippen molar-refractivity contribution in [3.05, 3.63) is 54.1 Å². The number of sulfonamides is 1. The molecule has 1 atom stereocenters. The maximum Gasteiger partial charge on any atom is 0.241 e. The predicted molar refractivity (Wildman–Crippen MR) is 101 cm³/mol. The van der Waals surface area contributed by atoms with Crippen molar-refractivity contribution in [3.8, 4) is 5.75 Å².